The van der Waals surface area contributed by atoms with Gasteiger partial charge in [0.15, 0.2) is 0 Å². The van der Waals surface area contributed by atoms with E-state index in [2.05, 4.69) is 30.8 Å². The fourth-order valence-corrected chi connectivity index (χ4v) is 2.26. The summed E-state index contributed by atoms with van der Waals surface area (Å²) < 4.78 is 0. The molecule has 0 aromatic carbocycles. The van der Waals surface area contributed by atoms with Crippen molar-refractivity contribution in [2.45, 2.75) is 18.9 Å². The summed E-state index contributed by atoms with van der Waals surface area (Å²) in [6, 6.07) is 3.75. The van der Waals surface area contributed by atoms with Crippen LogP contribution in [0.4, 0.5) is 5.95 Å². The number of halogens is 1. The Balaban J connectivity index is 0.00000161. The lowest BCUT2D eigenvalue weighted by Gasteiger charge is -2.23. The molecule has 1 unspecified atom stereocenters. The summed E-state index contributed by atoms with van der Waals surface area (Å²) in [6.07, 6.45) is 5.44. The van der Waals surface area contributed by atoms with Crippen molar-refractivity contribution in [1.29, 1.82) is 0 Å². The quantitative estimate of drug-likeness (QED) is 0.767. The highest BCUT2D eigenvalue weighted by molar-refractivity contribution is 8.93. The molecule has 0 bridgehead atoms. The fourth-order valence-electron chi connectivity index (χ4n) is 2.26. The van der Waals surface area contributed by atoms with Gasteiger partial charge in [-0.25, -0.2) is 9.97 Å². The van der Waals surface area contributed by atoms with Crippen molar-refractivity contribution in [3.8, 4) is 17.1 Å². The van der Waals surface area contributed by atoms with Gasteiger partial charge in [0.25, 0.3) is 0 Å². The average molecular weight is 353 g/mol. The van der Waals surface area contributed by atoms with Gasteiger partial charge in [-0.15, -0.1) is 22.1 Å². The van der Waals surface area contributed by atoms with E-state index in [1.165, 1.54) is 6.20 Å². The van der Waals surface area contributed by atoms with Crippen molar-refractivity contribution in [1.82, 2.24) is 25.5 Å². The van der Waals surface area contributed by atoms with Crippen LogP contribution in [-0.4, -0.2) is 44.4 Å². The lowest BCUT2D eigenvalue weighted by atomic mass is 10.1. The Kier molecular flexibility index (Phi) is 5.40. The number of piperidine rings is 1. The zero-order chi connectivity index (χ0) is 13.8. The van der Waals surface area contributed by atoms with Crippen molar-refractivity contribution in [2.75, 3.05) is 18.4 Å². The van der Waals surface area contributed by atoms with Gasteiger partial charge in [-0.3, -0.25) is 0 Å². The molecule has 1 saturated heterocycles. The van der Waals surface area contributed by atoms with Crippen LogP contribution in [0.5, 0.6) is 5.88 Å². The van der Waals surface area contributed by atoms with Crippen molar-refractivity contribution in [2.24, 2.45) is 0 Å². The molecular weight excluding hydrogens is 336 g/mol. The highest BCUT2D eigenvalue weighted by Crippen LogP contribution is 2.24. The number of nitrogens with zero attached hydrogens (tertiary/aromatic N) is 4. The Morgan fingerprint density at radius 2 is 2.19 bits per heavy atom. The van der Waals surface area contributed by atoms with Crippen molar-refractivity contribution < 1.29 is 5.11 Å². The van der Waals surface area contributed by atoms with Crippen LogP contribution in [0.25, 0.3) is 11.3 Å². The molecule has 0 radical (unpaired) electrons. The van der Waals surface area contributed by atoms with E-state index >= 15 is 0 Å². The van der Waals surface area contributed by atoms with Crippen LogP contribution in [-0.2, 0) is 0 Å². The minimum Gasteiger partial charge on any atom is -0.492 e. The van der Waals surface area contributed by atoms with Gasteiger partial charge in [0, 0.05) is 18.8 Å². The molecule has 1 fully saturated rings. The molecule has 3 N–H and O–H groups in total. The molecule has 7 nitrogen and oxygen atoms in total. The molecule has 0 amide bonds. The third-order valence-corrected chi connectivity index (χ3v) is 3.26. The Hall–Kier alpha value is -1.80. The topological polar surface area (TPSA) is 95.9 Å². The first-order chi connectivity index (χ1) is 9.83. The van der Waals surface area contributed by atoms with Gasteiger partial charge in [-0.05, 0) is 31.5 Å². The predicted octanol–water partition coefficient (Wildman–Crippen LogP) is 1.38. The third kappa shape index (κ3) is 3.85. The number of hydrogen-bond acceptors (Lipinski definition) is 7. The molecule has 8 heteroatoms. The maximum absolute atomic E-state index is 9.71. The monoisotopic (exact) mass is 352 g/mol. The lowest BCUT2D eigenvalue weighted by molar-refractivity contribution is 0.447. The molecular formula is C13H17BrN6O. The van der Waals surface area contributed by atoms with Gasteiger partial charge in [0.2, 0.25) is 11.8 Å². The summed E-state index contributed by atoms with van der Waals surface area (Å²) in [7, 11) is 0. The average Bonchev–Trinajstić information content (AvgIpc) is 2.49. The van der Waals surface area contributed by atoms with E-state index in [9.17, 15) is 5.11 Å². The molecule has 1 atom stereocenters. The summed E-state index contributed by atoms with van der Waals surface area (Å²) in [5.74, 6) is 0.434. The van der Waals surface area contributed by atoms with Crippen LogP contribution in [0, 0.1) is 0 Å². The van der Waals surface area contributed by atoms with Gasteiger partial charge in [0.1, 0.15) is 0 Å². The molecule has 0 saturated carbocycles. The zero-order valence-electron chi connectivity index (χ0n) is 11.4. The lowest BCUT2D eigenvalue weighted by Crippen LogP contribution is -2.38. The second kappa shape index (κ2) is 7.28. The summed E-state index contributed by atoms with van der Waals surface area (Å²) in [4.78, 5) is 8.64. The van der Waals surface area contributed by atoms with Gasteiger partial charge in [-0.1, -0.05) is 0 Å². The first-order valence-electron chi connectivity index (χ1n) is 6.64. The number of aromatic nitrogens is 4. The van der Waals surface area contributed by atoms with Crippen LogP contribution >= 0.6 is 17.0 Å². The molecule has 3 rings (SSSR count). The highest BCUT2D eigenvalue weighted by atomic mass is 79.9. The number of rotatable bonds is 3. The first-order valence-corrected chi connectivity index (χ1v) is 6.64. The molecule has 3 heterocycles. The molecule has 1 aliphatic rings. The minimum atomic E-state index is -0.128. The normalized spacial score (nSPS) is 17.8. The van der Waals surface area contributed by atoms with E-state index in [1.54, 1.807) is 18.3 Å². The molecule has 0 aliphatic carbocycles. The Bertz CT molecular complexity index is 590. The van der Waals surface area contributed by atoms with Crippen LogP contribution in [0.15, 0.2) is 24.5 Å². The number of anilines is 1. The van der Waals surface area contributed by atoms with E-state index in [1.807, 2.05) is 0 Å². The van der Waals surface area contributed by atoms with E-state index in [-0.39, 0.29) is 22.9 Å². The SMILES string of the molecule is Br.Oc1nnccc1-c1ccnc(NC2CCCNC2)n1. The standard InChI is InChI=1S/C13H16N6O.BrH/c20-12-10(3-7-16-19-12)11-4-6-15-13(18-11)17-9-2-1-5-14-8-9;/h3-4,6-7,9,14H,1-2,5,8H2,(H,19,20)(H,15,17,18);1H. The Morgan fingerprint density at radius 1 is 1.29 bits per heavy atom. The third-order valence-electron chi connectivity index (χ3n) is 3.26. The van der Waals surface area contributed by atoms with Gasteiger partial charge in [0.05, 0.1) is 17.5 Å². The molecule has 0 spiro atoms. The maximum atomic E-state index is 9.71. The van der Waals surface area contributed by atoms with Gasteiger partial charge in [-0.2, -0.15) is 5.10 Å². The Labute approximate surface area is 133 Å². The van der Waals surface area contributed by atoms with Gasteiger partial charge >= 0.3 is 0 Å². The van der Waals surface area contributed by atoms with Crippen molar-refractivity contribution in [3.05, 3.63) is 24.5 Å². The minimum absolute atomic E-state index is 0. The molecule has 2 aromatic rings. The first kappa shape index (κ1) is 15.6. The zero-order valence-corrected chi connectivity index (χ0v) is 13.1. The van der Waals surface area contributed by atoms with Crippen LogP contribution < -0.4 is 10.6 Å². The van der Waals surface area contributed by atoms with Crippen LogP contribution in [0.3, 0.4) is 0 Å². The molecule has 112 valence electrons. The highest BCUT2D eigenvalue weighted by Gasteiger charge is 2.14. The second-order valence-electron chi connectivity index (χ2n) is 4.72. The number of hydrogen-bond donors (Lipinski definition) is 3. The van der Waals surface area contributed by atoms with Gasteiger partial charge < -0.3 is 15.7 Å². The fraction of sp³-hybridized carbons (Fsp3) is 0.385. The van der Waals surface area contributed by atoms with E-state index in [0.717, 1.165) is 25.9 Å². The predicted molar refractivity (Wildman–Crippen MR) is 84.6 cm³/mol. The molecule has 21 heavy (non-hydrogen) atoms. The van der Waals surface area contributed by atoms with E-state index in [0.29, 0.717) is 23.2 Å². The molecule has 2 aromatic heterocycles. The van der Waals surface area contributed by atoms with Crippen molar-refractivity contribution >= 4 is 22.9 Å². The van der Waals surface area contributed by atoms with Crippen LogP contribution in [0.2, 0.25) is 0 Å². The summed E-state index contributed by atoms with van der Waals surface area (Å²) in [5, 5.41) is 23.6. The van der Waals surface area contributed by atoms with E-state index in [4.69, 9.17) is 0 Å². The molecule has 1 aliphatic heterocycles. The van der Waals surface area contributed by atoms with Crippen molar-refractivity contribution in [3.63, 3.8) is 0 Å². The number of aromatic hydroxyl groups is 1. The smallest absolute Gasteiger partial charge is 0.240 e. The van der Waals surface area contributed by atoms with E-state index < -0.39 is 0 Å². The summed E-state index contributed by atoms with van der Waals surface area (Å²) in [5.41, 5.74) is 1.17. The van der Waals surface area contributed by atoms with Crippen LogP contribution in [0.1, 0.15) is 12.8 Å². The largest absolute Gasteiger partial charge is 0.492 e. The second-order valence-corrected chi connectivity index (χ2v) is 4.72. The number of nitrogens with one attached hydrogen (secondary N) is 2. The summed E-state index contributed by atoms with van der Waals surface area (Å²) in [6.45, 7) is 1.98. The Morgan fingerprint density at radius 3 is 2.95 bits per heavy atom. The maximum Gasteiger partial charge on any atom is 0.240 e. The summed E-state index contributed by atoms with van der Waals surface area (Å²) >= 11 is 0.